The molecular weight excluding hydrogens is 244 g/mol. The van der Waals surface area contributed by atoms with E-state index in [1.54, 1.807) is 12.1 Å². The minimum absolute atomic E-state index is 0.417. The van der Waals surface area contributed by atoms with E-state index < -0.39 is 12.5 Å². The standard InChI is InChI=1S/C12H17F2NO3/c1-7(12(13)14)15-8-5-9(16-2)11(18-4)10(6-8)17-3/h5-7,12,15H,1-4H3. The van der Waals surface area contributed by atoms with Crippen molar-refractivity contribution in [2.75, 3.05) is 26.6 Å². The summed E-state index contributed by atoms with van der Waals surface area (Å²) >= 11 is 0. The van der Waals surface area contributed by atoms with E-state index in [0.717, 1.165) is 0 Å². The molecule has 0 aliphatic rings. The van der Waals surface area contributed by atoms with E-state index in [-0.39, 0.29) is 0 Å². The van der Waals surface area contributed by atoms with E-state index in [1.165, 1.54) is 28.3 Å². The molecule has 1 unspecified atom stereocenters. The number of halogens is 2. The van der Waals surface area contributed by atoms with Crippen molar-refractivity contribution < 1.29 is 23.0 Å². The quantitative estimate of drug-likeness (QED) is 0.854. The lowest BCUT2D eigenvalue weighted by molar-refractivity contribution is 0.130. The zero-order chi connectivity index (χ0) is 13.7. The highest BCUT2D eigenvalue weighted by Crippen LogP contribution is 2.40. The second kappa shape index (κ2) is 6.28. The van der Waals surface area contributed by atoms with Crippen LogP contribution in [0.25, 0.3) is 0 Å². The maximum Gasteiger partial charge on any atom is 0.258 e. The number of anilines is 1. The first kappa shape index (κ1) is 14.3. The van der Waals surface area contributed by atoms with Crippen LogP contribution in [-0.4, -0.2) is 33.8 Å². The van der Waals surface area contributed by atoms with E-state index in [1.807, 2.05) is 0 Å². The largest absolute Gasteiger partial charge is 0.493 e. The summed E-state index contributed by atoms with van der Waals surface area (Å²) in [4.78, 5) is 0. The fraction of sp³-hybridized carbons (Fsp3) is 0.500. The summed E-state index contributed by atoms with van der Waals surface area (Å²) in [5, 5.41) is 2.68. The Kier molecular flexibility index (Phi) is 5.00. The fourth-order valence-corrected chi connectivity index (χ4v) is 1.49. The molecule has 0 amide bonds. The topological polar surface area (TPSA) is 39.7 Å². The molecule has 0 aromatic heterocycles. The summed E-state index contributed by atoms with van der Waals surface area (Å²) in [5.74, 6) is 1.26. The van der Waals surface area contributed by atoms with Crippen molar-refractivity contribution in [2.45, 2.75) is 19.4 Å². The minimum Gasteiger partial charge on any atom is -0.493 e. The number of nitrogens with one attached hydrogen (secondary N) is 1. The highest BCUT2D eigenvalue weighted by Gasteiger charge is 2.17. The van der Waals surface area contributed by atoms with E-state index in [9.17, 15) is 8.78 Å². The molecule has 0 heterocycles. The van der Waals surface area contributed by atoms with Crippen molar-refractivity contribution in [1.29, 1.82) is 0 Å². The average Bonchev–Trinajstić information content (AvgIpc) is 2.37. The van der Waals surface area contributed by atoms with Crippen LogP contribution in [0.1, 0.15) is 6.92 Å². The Bertz CT molecular complexity index is 374. The Balaban J connectivity index is 3.07. The molecule has 1 N–H and O–H groups in total. The molecule has 0 saturated carbocycles. The molecule has 0 saturated heterocycles. The molecule has 0 bridgehead atoms. The molecule has 1 aromatic carbocycles. The second-order valence-electron chi connectivity index (χ2n) is 3.68. The molecule has 1 aromatic rings. The van der Waals surface area contributed by atoms with Gasteiger partial charge < -0.3 is 19.5 Å². The van der Waals surface area contributed by atoms with E-state index in [0.29, 0.717) is 22.9 Å². The lowest BCUT2D eigenvalue weighted by Gasteiger charge is -2.18. The van der Waals surface area contributed by atoms with Gasteiger partial charge in [-0.1, -0.05) is 0 Å². The minimum atomic E-state index is -2.45. The van der Waals surface area contributed by atoms with Gasteiger partial charge in [0.05, 0.1) is 27.4 Å². The van der Waals surface area contributed by atoms with Crippen LogP contribution in [0.2, 0.25) is 0 Å². The molecule has 18 heavy (non-hydrogen) atoms. The maximum atomic E-state index is 12.5. The van der Waals surface area contributed by atoms with E-state index >= 15 is 0 Å². The van der Waals surface area contributed by atoms with Gasteiger partial charge in [-0.05, 0) is 6.92 Å². The molecule has 1 atom stereocenters. The molecule has 1 rings (SSSR count). The molecule has 0 aliphatic carbocycles. The number of ether oxygens (including phenoxy) is 3. The highest BCUT2D eigenvalue weighted by molar-refractivity contribution is 5.62. The summed E-state index contributed by atoms with van der Waals surface area (Å²) in [7, 11) is 4.42. The molecule has 0 aliphatic heterocycles. The lowest BCUT2D eigenvalue weighted by Crippen LogP contribution is -2.23. The normalized spacial score (nSPS) is 12.2. The third kappa shape index (κ3) is 3.15. The van der Waals surface area contributed by atoms with Crippen molar-refractivity contribution in [2.24, 2.45) is 0 Å². The Labute approximate surface area is 105 Å². The Morgan fingerprint density at radius 3 is 1.83 bits per heavy atom. The van der Waals surface area contributed by atoms with Crippen LogP contribution in [0.3, 0.4) is 0 Å². The zero-order valence-corrected chi connectivity index (χ0v) is 10.8. The number of methoxy groups -OCH3 is 3. The Hall–Kier alpha value is -1.72. The summed E-state index contributed by atoms with van der Waals surface area (Å²) in [6, 6.07) is 2.20. The van der Waals surface area contributed by atoms with Crippen molar-refractivity contribution in [3.63, 3.8) is 0 Å². The van der Waals surface area contributed by atoms with E-state index in [4.69, 9.17) is 14.2 Å². The van der Waals surface area contributed by atoms with Gasteiger partial charge in [0.25, 0.3) is 6.43 Å². The Morgan fingerprint density at radius 2 is 1.50 bits per heavy atom. The van der Waals surface area contributed by atoms with Crippen LogP contribution in [0, 0.1) is 0 Å². The first-order valence-corrected chi connectivity index (χ1v) is 5.38. The third-order valence-corrected chi connectivity index (χ3v) is 2.44. The van der Waals surface area contributed by atoms with Crippen LogP contribution >= 0.6 is 0 Å². The predicted octanol–water partition coefficient (Wildman–Crippen LogP) is 2.78. The molecule has 4 nitrogen and oxygen atoms in total. The molecular formula is C12H17F2NO3. The number of hydrogen-bond acceptors (Lipinski definition) is 4. The van der Waals surface area contributed by atoms with Gasteiger partial charge in [0, 0.05) is 17.8 Å². The smallest absolute Gasteiger partial charge is 0.258 e. The Morgan fingerprint density at radius 1 is 1.00 bits per heavy atom. The fourth-order valence-electron chi connectivity index (χ4n) is 1.49. The second-order valence-corrected chi connectivity index (χ2v) is 3.68. The van der Waals surface area contributed by atoms with E-state index in [2.05, 4.69) is 5.32 Å². The van der Waals surface area contributed by atoms with Gasteiger partial charge in [-0.15, -0.1) is 0 Å². The SMILES string of the molecule is COc1cc(NC(C)C(F)F)cc(OC)c1OC. The van der Waals surface area contributed by atoms with Crippen molar-refractivity contribution in [3.8, 4) is 17.2 Å². The summed E-state index contributed by atoms with van der Waals surface area (Å²) in [5.41, 5.74) is 0.484. The average molecular weight is 261 g/mol. The van der Waals surface area contributed by atoms with Gasteiger partial charge in [0.2, 0.25) is 5.75 Å². The third-order valence-electron chi connectivity index (χ3n) is 2.44. The number of alkyl halides is 2. The van der Waals surface area contributed by atoms with Crippen LogP contribution in [-0.2, 0) is 0 Å². The van der Waals surface area contributed by atoms with Gasteiger partial charge in [0.1, 0.15) is 0 Å². The maximum absolute atomic E-state index is 12.5. The van der Waals surface area contributed by atoms with Crippen molar-refractivity contribution in [1.82, 2.24) is 0 Å². The summed E-state index contributed by atoms with van der Waals surface area (Å²) < 4.78 is 40.3. The molecule has 102 valence electrons. The molecule has 0 radical (unpaired) electrons. The van der Waals surface area contributed by atoms with Crippen LogP contribution in [0.15, 0.2) is 12.1 Å². The molecule has 6 heteroatoms. The van der Waals surface area contributed by atoms with Crippen LogP contribution in [0.5, 0.6) is 17.2 Å². The number of rotatable bonds is 6. The first-order chi connectivity index (χ1) is 8.53. The highest BCUT2D eigenvalue weighted by atomic mass is 19.3. The van der Waals surface area contributed by atoms with Gasteiger partial charge in [-0.3, -0.25) is 0 Å². The number of benzene rings is 1. The van der Waals surface area contributed by atoms with Gasteiger partial charge in [-0.2, -0.15) is 0 Å². The van der Waals surface area contributed by atoms with Crippen molar-refractivity contribution in [3.05, 3.63) is 12.1 Å². The summed E-state index contributed by atoms with van der Waals surface area (Å²) in [6.45, 7) is 1.40. The van der Waals surface area contributed by atoms with Crippen LogP contribution in [0.4, 0.5) is 14.5 Å². The van der Waals surface area contributed by atoms with Gasteiger partial charge in [0.15, 0.2) is 11.5 Å². The molecule has 0 fully saturated rings. The van der Waals surface area contributed by atoms with Gasteiger partial charge >= 0.3 is 0 Å². The molecule has 0 spiro atoms. The predicted molar refractivity (Wildman–Crippen MR) is 65.2 cm³/mol. The monoisotopic (exact) mass is 261 g/mol. The summed E-state index contributed by atoms with van der Waals surface area (Å²) in [6.07, 6.45) is -2.45. The zero-order valence-electron chi connectivity index (χ0n) is 10.8. The van der Waals surface area contributed by atoms with Crippen LogP contribution < -0.4 is 19.5 Å². The first-order valence-electron chi connectivity index (χ1n) is 5.38. The number of hydrogen-bond donors (Lipinski definition) is 1. The lowest BCUT2D eigenvalue weighted by atomic mass is 10.2. The van der Waals surface area contributed by atoms with Gasteiger partial charge in [-0.25, -0.2) is 8.78 Å². The van der Waals surface area contributed by atoms with Crippen molar-refractivity contribution >= 4 is 5.69 Å².